The summed E-state index contributed by atoms with van der Waals surface area (Å²) in [6, 6.07) is 26.5. The van der Waals surface area contributed by atoms with Crippen LogP contribution in [0.1, 0.15) is 49.9 Å². The van der Waals surface area contributed by atoms with E-state index in [4.69, 9.17) is 0 Å². The zero-order valence-corrected chi connectivity index (χ0v) is 16.8. The maximum Gasteiger partial charge on any atom is -0.0184 e. The lowest BCUT2D eigenvalue weighted by molar-refractivity contribution is 1.10. The van der Waals surface area contributed by atoms with Gasteiger partial charge in [0.15, 0.2) is 0 Å². The number of aryl methyl sites for hydroxylation is 4. The zero-order valence-electron chi connectivity index (χ0n) is 16.8. The van der Waals surface area contributed by atoms with Crippen LogP contribution in [0.5, 0.6) is 0 Å². The fraction of sp³-hybridized carbons (Fsp3) is 0.308. The van der Waals surface area contributed by atoms with Crippen LogP contribution in [0, 0.1) is 0 Å². The Labute approximate surface area is 159 Å². The Morgan fingerprint density at radius 3 is 0.731 bits per heavy atom. The van der Waals surface area contributed by atoms with Gasteiger partial charge >= 0.3 is 0 Å². The Morgan fingerprint density at radius 2 is 0.538 bits per heavy atom. The first-order valence-electron chi connectivity index (χ1n) is 9.96. The van der Waals surface area contributed by atoms with Crippen molar-refractivity contribution in [2.24, 2.45) is 0 Å². The monoisotopic (exact) mass is 344 g/mol. The zero-order chi connectivity index (χ0) is 18.8. The van der Waals surface area contributed by atoms with Gasteiger partial charge in [-0.2, -0.15) is 0 Å². The van der Waals surface area contributed by atoms with Crippen LogP contribution in [0.3, 0.4) is 0 Å². The van der Waals surface area contributed by atoms with Crippen LogP contribution < -0.4 is 0 Å². The molecule has 0 bridgehead atoms. The lowest BCUT2D eigenvalue weighted by Crippen LogP contribution is -1.83. The van der Waals surface area contributed by atoms with Crippen LogP contribution in [0.25, 0.3) is 11.1 Å². The van der Waals surface area contributed by atoms with E-state index in [1.807, 2.05) is 0 Å². The molecule has 0 saturated heterocycles. The first-order valence-corrected chi connectivity index (χ1v) is 9.96. The van der Waals surface area contributed by atoms with Gasteiger partial charge in [0.1, 0.15) is 0 Å². The Balaban J connectivity index is 0.000000209. The van der Waals surface area contributed by atoms with Gasteiger partial charge in [0.05, 0.1) is 0 Å². The summed E-state index contributed by atoms with van der Waals surface area (Å²) < 4.78 is 0. The van der Waals surface area contributed by atoms with E-state index in [1.165, 1.54) is 33.4 Å². The molecular formula is C26H32. The van der Waals surface area contributed by atoms with Gasteiger partial charge in [-0.25, -0.2) is 0 Å². The molecule has 0 heterocycles. The smallest absolute Gasteiger partial charge is 0.0184 e. The molecule has 0 aliphatic heterocycles. The molecule has 0 aromatic heterocycles. The van der Waals surface area contributed by atoms with Gasteiger partial charge < -0.3 is 0 Å². The molecule has 0 spiro atoms. The quantitative estimate of drug-likeness (QED) is 0.456. The van der Waals surface area contributed by atoms with Crippen molar-refractivity contribution in [1.29, 1.82) is 0 Å². The molecular weight excluding hydrogens is 312 g/mol. The minimum absolute atomic E-state index is 1.11. The summed E-state index contributed by atoms with van der Waals surface area (Å²) in [5, 5.41) is 0. The average Bonchev–Trinajstić information content (AvgIpc) is 2.74. The predicted octanol–water partition coefficient (Wildman–Crippen LogP) is 7.29. The Hall–Kier alpha value is -2.34. The number of hydrogen-bond donors (Lipinski definition) is 0. The molecule has 0 amide bonds. The summed E-state index contributed by atoms with van der Waals surface area (Å²) in [5.41, 5.74) is 8.26. The van der Waals surface area contributed by atoms with E-state index >= 15 is 0 Å². The molecule has 136 valence electrons. The molecule has 3 rings (SSSR count). The highest BCUT2D eigenvalue weighted by Crippen LogP contribution is 2.20. The summed E-state index contributed by atoms with van der Waals surface area (Å²) >= 11 is 0. The molecule has 3 aromatic carbocycles. The fourth-order valence-corrected chi connectivity index (χ4v) is 2.88. The molecule has 26 heavy (non-hydrogen) atoms. The van der Waals surface area contributed by atoms with Crippen molar-refractivity contribution in [2.45, 2.75) is 53.4 Å². The van der Waals surface area contributed by atoms with E-state index in [9.17, 15) is 0 Å². The first kappa shape index (κ1) is 20.0. The summed E-state index contributed by atoms with van der Waals surface area (Å²) in [7, 11) is 0. The number of hydrogen-bond acceptors (Lipinski definition) is 0. The molecule has 0 radical (unpaired) electrons. The first-order chi connectivity index (χ1) is 12.7. The van der Waals surface area contributed by atoms with Crippen molar-refractivity contribution in [2.75, 3.05) is 0 Å². The third-order valence-corrected chi connectivity index (χ3v) is 4.90. The maximum atomic E-state index is 2.21. The van der Waals surface area contributed by atoms with Gasteiger partial charge in [-0.05, 0) is 59.1 Å². The van der Waals surface area contributed by atoms with E-state index in [0.29, 0.717) is 0 Å². The van der Waals surface area contributed by atoms with Crippen LogP contribution >= 0.6 is 0 Å². The third-order valence-electron chi connectivity index (χ3n) is 4.90. The molecule has 0 aliphatic rings. The second-order valence-corrected chi connectivity index (χ2v) is 6.62. The highest BCUT2D eigenvalue weighted by molar-refractivity contribution is 5.63. The normalized spacial score (nSPS) is 10.2. The van der Waals surface area contributed by atoms with Crippen LogP contribution in [0.2, 0.25) is 0 Å². The van der Waals surface area contributed by atoms with Crippen molar-refractivity contribution in [3.8, 4) is 11.1 Å². The number of benzene rings is 3. The van der Waals surface area contributed by atoms with Crippen LogP contribution in [-0.2, 0) is 25.7 Å². The maximum absolute atomic E-state index is 2.21. The summed E-state index contributed by atoms with van der Waals surface area (Å²) in [5.74, 6) is 0. The molecule has 0 unspecified atom stereocenters. The molecule has 0 saturated carbocycles. The highest BCUT2D eigenvalue weighted by Gasteiger charge is 1.97. The van der Waals surface area contributed by atoms with Gasteiger partial charge in [-0.15, -0.1) is 0 Å². The second-order valence-electron chi connectivity index (χ2n) is 6.62. The van der Waals surface area contributed by atoms with Crippen LogP contribution in [0.15, 0.2) is 72.8 Å². The fourth-order valence-electron chi connectivity index (χ4n) is 2.88. The lowest BCUT2D eigenvalue weighted by Gasteiger charge is -2.04. The van der Waals surface area contributed by atoms with Gasteiger partial charge in [-0.3, -0.25) is 0 Å². The van der Waals surface area contributed by atoms with Crippen molar-refractivity contribution in [1.82, 2.24) is 0 Å². The van der Waals surface area contributed by atoms with E-state index in [0.717, 1.165) is 25.7 Å². The second kappa shape index (κ2) is 10.6. The number of rotatable bonds is 5. The van der Waals surface area contributed by atoms with Crippen molar-refractivity contribution < 1.29 is 0 Å². The Morgan fingerprint density at radius 1 is 0.346 bits per heavy atom. The SMILES string of the molecule is CCc1ccc(-c2ccc(CC)cc2)cc1.CCc1ccc(CC)cc1. The van der Waals surface area contributed by atoms with Crippen molar-refractivity contribution >= 4 is 0 Å². The van der Waals surface area contributed by atoms with Crippen LogP contribution in [0.4, 0.5) is 0 Å². The van der Waals surface area contributed by atoms with Gasteiger partial charge in [0.25, 0.3) is 0 Å². The Bertz CT molecular complexity index is 678. The highest BCUT2D eigenvalue weighted by atomic mass is 14.0. The molecule has 0 N–H and O–H groups in total. The molecule has 0 heteroatoms. The lowest BCUT2D eigenvalue weighted by atomic mass is 10.0. The van der Waals surface area contributed by atoms with Crippen LogP contribution in [-0.4, -0.2) is 0 Å². The van der Waals surface area contributed by atoms with Crippen molar-refractivity contribution in [3.63, 3.8) is 0 Å². The molecule has 0 aliphatic carbocycles. The third kappa shape index (κ3) is 5.88. The van der Waals surface area contributed by atoms with Crippen molar-refractivity contribution in [3.05, 3.63) is 95.1 Å². The minimum Gasteiger partial charge on any atom is -0.0613 e. The average molecular weight is 345 g/mol. The molecule has 0 atom stereocenters. The minimum atomic E-state index is 1.11. The van der Waals surface area contributed by atoms with E-state index in [2.05, 4.69) is 100 Å². The molecule has 0 nitrogen and oxygen atoms in total. The summed E-state index contributed by atoms with van der Waals surface area (Å²) in [6.45, 7) is 8.73. The largest absolute Gasteiger partial charge is 0.0613 e. The van der Waals surface area contributed by atoms with E-state index in [-0.39, 0.29) is 0 Å². The molecule has 0 fully saturated rings. The molecule has 3 aromatic rings. The standard InChI is InChI=1S/C16H18.C10H14/c1-3-13-5-9-15(10-6-13)16-11-7-14(4-2)8-12-16;1-3-9-5-7-10(4-2)8-6-9/h5-12H,3-4H2,1-2H3;5-8H,3-4H2,1-2H3. The topological polar surface area (TPSA) is 0 Å². The summed E-state index contributed by atoms with van der Waals surface area (Å²) in [6.07, 6.45) is 4.50. The summed E-state index contributed by atoms with van der Waals surface area (Å²) in [4.78, 5) is 0. The van der Waals surface area contributed by atoms with E-state index in [1.54, 1.807) is 0 Å². The predicted molar refractivity (Wildman–Crippen MR) is 116 cm³/mol. The van der Waals surface area contributed by atoms with E-state index < -0.39 is 0 Å². The Kier molecular flexibility index (Phi) is 8.15. The van der Waals surface area contributed by atoms with Gasteiger partial charge in [0.2, 0.25) is 0 Å². The van der Waals surface area contributed by atoms with Gasteiger partial charge in [-0.1, -0.05) is 100 Å². The van der Waals surface area contributed by atoms with Gasteiger partial charge in [0, 0.05) is 0 Å².